The first-order valence-electron chi connectivity index (χ1n) is 8.75. The largest absolute Gasteiger partial charge is 0.333 e. The molecular weight excluding hydrogens is 260 g/mol. The van der Waals surface area contributed by atoms with Gasteiger partial charge in [-0.15, -0.1) is 0 Å². The van der Waals surface area contributed by atoms with E-state index in [1.807, 2.05) is 6.20 Å². The quantitative estimate of drug-likeness (QED) is 0.904. The highest BCUT2D eigenvalue weighted by molar-refractivity contribution is 4.96. The molecular formula is C17H30N4. The molecule has 4 heteroatoms. The van der Waals surface area contributed by atoms with E-state index in [9.17, 15) is 0 Å². The Bertz CT molecular complexity index is 442. The van der Waals surface area contributed by atoms with Gasteiger partial charge in [0.15, 0.2) is 0 Å². The summed E-state index contributed by atoms with van der Waals surface area (Å²) in [6.07, 6.45) is 9.57. The van der Waals surface area contributed by atoms with Crippen LogP contribution in [0, 0.1) is 11.8 Å². The number of nitrogens with zero attached hydrogens (tertiary/aromatic N) is 3. The second kappa shape index (κ2) is 6.93. The molecule has 0 bridgehead atoms. The average Bonchev–Trinajstić information content (AvgIpc) is 2.97. The Morgan fingerprint density at radius 1 is 1.29 bits per heavy atom. The number of aromatic nitrogens is 2. The highest BCUT2D eigenvalue weighted by Gasteiger charge is 2.31. The lowest BCUT2D eigenvalue weighted by atomic mass is 9.76. The minimum Gasteiger partial charge on any atom is -0.333 e. The van der Waals surface area contributed by atoms with Crippen molar-refractivity contribution < 1.29 is 0 Å². The summed E-state index contributed by atoms with van der Waals surface area (Å²) < 4.78 is 2.30. The fourth-order valence-corrected chi connectivity index (χ4v) is 4.18. The summed E-state index contributed by atoms with van der Waals surface area (Å²) in [6, 6.07) is 0.722. The molecule has 2 heterocycles. The molecule has 1 aromatic rings. The number of fused-ring (bicyclic) bond motifs is 1. The number of hydrogen-bond acceptors (Lipinski definition) is 3. The van der Waals surface area contributed by atoms with Crippen molar-refractivity contribution in [3.63, 3.8) is 0 Å². The van der Waals surface area contributed by atoms with E-state index in [4.69, 9.17) is 0 Å². The van der Waals surface area contributed by atoms with Crippen molar-refractivity contribution in [2.45, 2.75) is 58.7 Å². The topological polar surface area (TPSA) is 33.1 Å². The molecule has 1 fully saturated rings. The second-order valence-corrected chi connectivity index (χ2v) is 6.78. The van der Waals surface area contributed by atoms with E-state index in [1.165, 1.54) is 44.6 Å². The standard InChI is InChI=1S/C17H30N4/c1-3-14-5-6-16(18-4-2)15(11-14)12-20-9-10-21-8-7-19-17(21)13-20/h7-8,14-16,18H,3-6,9-13H2,1-2H3. The van der Waals surface area contributed by atoms with Crippen LogP contribution in [-0.2, 0) is 13.1 Å². The van der Waals surface area contributed by atoms with Crippen LogP contribution >= 0.6 is 0 Å². The van der Waals surface area contributed by atoms with Crippen LogP contribution in [0.5, 0.6) is 0 Å². The predicted octanol–water partition coefficient (Wildman–Crippen LogP) is 2.50. The Labute approximate surface area is 128 Å². The van der Waals surface area contributed by atoms with Crippen molar-refractivity contribution >= 4 is 0 Å². The van der Waals surface area contributed by atoms with Crippen LogP contribution in [0.3, 0.4) is 0 Å². The van der Waals surface area contributed by atoms with Crippen LogP contribution in [0.1, 0.15) is 45.4 Å². The number of imidazole rings is 1. The molecule has 0 spiro atoms. The van der Waals surface area contributed by atoms with Crippen LogP contribution in [0.4, 0.5) is 0 Å². The molecule has 3 atom stereocenters. The third kappa shape index (κ3) is 3.49. The Balaban J connectivity index is 1.61. The second-order valence-electron chi connectivity index (χ2n) is 6.78. The van der Waals surface area contributed by atoms with Gasteiger partial charge in [0.05, 0.1) is 6.54 Å². The van der Waals surface area contributed by atoms with Gasteiger partial charge in [-0.1, -0.05) is 20.3 Å². The van der Waals surface area contributed by atoms with E-state index >= 15 is 0 Å². The van der Waals surface area contributed by atoms with E-state index in [2.05, 4.69) is 39.8 Å². The minimum atomic E-state index is 0.722. The Morgan fingerprint density at radius 3 is 3.00 bits per heavy atom. The molecule has 1 N–H and O–H groups in total. The maximum atomic E-state index is 4.49. The van der Waals surface area contributed by atoms with Crippen molar-refractivity contribution in [1.29, 1.82) is 0 Å². The molecule has 2 aliphatic rings. The molecule has 0 aromatic carbocycles. The zero-order valence-corrected chi connectivity index (χ0v) is 13.6. The zero-order valence-electron chi connectivity index (χ0n) is 13.6. The van der Waals surface area contributed by atoms with E-state index in [-0.39, 0.29) is 0 Å². The molecule has 1 saturated carbocycles. The van der Waals surface area contributed by atoms with Crippen LogP contribution < -0.4 is 5.32 Å². The van der Waals surface area contributed by atoms with Gasteiger partial charge in [0.2, 0.25) is 0 Å². The third-order valence-corrected chi connectivity index (χ3v) is 5.45. The molecule has 21 heavy (non-hydrogen) atoms. The summed E-state index contributed by atoms with van der Waals surface area (Å²) >= 11 is 0. The maximum absolute atomic E-state index is 4.49. The van der Waals surface area contributed by atoms with Gasteiger partial charge in [-0.25, -0.2) is 4.98 Å². The zero-order chi connectivity index (χ0) is 14.7. The maximum Gasteiger partial charge on any atom is 0.122 e. The molecule has 0 amide bonds. The number of rotatable bonds is 5. The van der Waals surface area contributed by atoms with Crippen LogP contribution in [0.25, 0.3) is 0 Å². The van der Waals surface area contributed by atoms with Crippen LogP contribution in [-0.4, -0.2) is 40.1 Å². The van der Waals surface area contributed by atoms with Gasteiger partial charge in [0.25, 0.3) is 0 Å². The molecule has 3 rings (SSSR count). The average molecular weight is 290 g/mol. The van der Waals surface area contributed by atoms with Gasteiger partial charge in [-0.05, 0) is 37.6 Å². The molecule has 1 aliphatic carbocycles. The molecule has 1 aromatic heterocycles. The molecule has 0 radical (unpaired) electrons. The highest BCUT2D eigenvalue weighted by atomic mass is 15.2. The third-order valence-electron chi connectivity index (χ3n) is 5.45. The summed E-state index contributed by atoms with van der Waals surface area (Å²) in [4.78, 5) is 7.11. The smallest absolute Gasteiger partial charge is 0.122 e. The monoisotopic (exact) mass is 290 g/mol. The van der Waals surface area contributed by atoms with E-state index in [0.29, 0.717) is 0 Å². The molecule has 4 nitrogen and oxygen atoms in total. The molecule has 3 unspecified atom stereocenters. The van der Waals surface area contributed by atoms with Gasteiger partial charge in [-0.3, -0.25) is 4.90 Å². The fraction of sp³-hybridized carbons (Fsp3) is 0.824. The SMILES string of the molecule is CCNC1CCC(CC)CC1CN1CCn2ccnc2C1. The van der Waals surface area contributed by atoms with Gasteiger partial charge in [-0.2, -0.15) is 0 Å². The number of hydrogen-bond donors (Lipinski definition) is 1. The van der Waals surface area contributed by atoms with Gasteiger partial charge in [0.1, 0.15) is 5.82 Å². The van der Waals surface area contributed by atoms with E-state index in [0.717, 1.165) is 37.5 Å². The molecule has 0 saturated heterocycles. The highest BCUT2D eigenvalue weighted by Crippen LogP contribution is 2.32. The normalized spacial score (nSPS) is 30.3. The first-order chi connectivity index (χ1) is 10.3. The van der Waals surface area contributed by atoms with Crippen molar-refractivity contribution in [3.05, 3.63) is 18.2 Å². The lowest BCUT2D eigenvalue weighted by Crippen LogP contribution is -2.47. The Morgan fingerprint density at radius 2 is 2.19 bits per heavy atom. The van der Waals surface area contributed by atoms with Gasteiger partial charge in [0, 0.05) is 38.1 Å². The molecule has 118 valence electrons. The van der Waals surface area contributed by atoms with Crippen molar-refractivity contribution in [1.82, 2.24) is 19.8 Å². The lowest BCUT2D eigenvalue weighted by molar-refractivity contribution is 0.119. The van der Waals surface area contributed by atoms with E-state index in [1.54, 1.807) is 0 Å². The number of nitrogens with one attached hydrogen (secondary N) is 1. The first-order valence-corrected chi connectivity index (χ1v) is 8.75. The lowest BCUT2D eigenvalue weighted by Gasteiger charge is -2.40. The summed E-state index contributed by atoms with van der Waals surface area (Å²) in [5, 5.41) is 3.74. The van der Waals surface area contributed by atoms with Gasteiger partial charge < -0.3 is 9.88 Å². The van der Waals surface area contributed by atoms with Gasteiger partial charge >= 0.3 is 0 Å². The van der Waals surface area contributed by atoms with Crippen LogP contribution in [0.2, 0.25) is 0 Å². The molecule has 1 aliphatic heterocycles. The fourth-order valence-electron chi connectivity index (χ4n) is 4.18. The van der Waals surface area contributed by atoms with Crippen molar-refractivity contribution in [2.24, 2.45) is 11.8 Å². The van der Waals surface area contributed by atoms with Crippen molar-refractivity contribution in [3.8, 4) is 0 Å². The summed E-state index contributed by atoms with van der Waals surface area (Å²) in [5.74, 6) is 2.99. The van der Waals surface area contributed by atoms with Crippen LogP contribution in [0.15, 0.2) is 12.4 Å². The Hall–Kier alpha value is -0.870. The summed E-state index contributed by atoms with van der Waals surface area (Å²) in [5.41, 5.74) is 0. The Kier molecular flexibility index (Phi) is 4.96. The summed E-state index contributed by atoms with van der Waals surface area (Å²) in [7, 11) is 0. The predicted molar refractivity (Wildman–Crippen MR) is 86.1 cm³/mol. The summed E-state index contributed by atoms with van der Waals surface area (Å²) in [6.45, 7) is 10.2. The van der Waals surface area contributed by atoms with E-state index < -0.39 is 0 Å². The first kappa shape index (κ1) is 15.0. The van der Waals surface area contributed by atoms with Crippen molar-refractivity contribution in [2.75, 3.05) is 19.6 Å². The minimum absolute atomic E-state index is 0.722.